The Morgan fingerprint density at radius 2 is 1.97 bits per heavy atom. The second kappa shape index (κ2) is 10.3. The molecular formula is C26H17BrFIN2O4S. The molecule has 0 amide bonds. The summed E-state index contributed by atoms with van der Waals surface area (Å²) in [5.74, 6) is -0.509. The zero-order valence-electron chi connectivity index (χ0n) is 18.7. The number of carbonyl (C=O) groups excluding carboxylic acids is 1. The summed E-state index contributed by atoms with van der Waals surface area (Å²) >= 11 is 6.66. The Labute approximate surface area is 230 Å². The van der Waals surface area contributed by atoms with Gasteiger partial charge in [-0.05, 0) is 46.6 Å². The van der Waals surface area contributed by atoms with Crippen LogP contribution in [0.3, 0.4) is 0 Å². The zero-order chi connectivity index (χ0) is 25.4. The van der Waals surface area contributed by atoms with Crippen molar-refractivity contribution >= 4 is 67.6 Å². The highest BCUT2D eigenvalue weighted by Gasteiger charge is 2.35. The van der Waals surface area contributed by atoms with Gasteiger partial charge in [-0.1, -0.05) is 53.8 Å². The molecule has 4 aromatic rings. The molecule has 0 N–H and O–H groups in total. The van der Waals surface area contributed by atoms with E-state index in [1.807, 2.05) is 30.3 Å². The number of carbonyl (C=O) groups is 1. The molecular weight excluding hydrogens is 662 g/mol. The summed E-state index contributed by atoms with van der Waals surface area (Å²) in [7, 11) is 0. The fraction of sp³-hybridized carbons (Fsp3) is 0.115. The van der Waals surface area contributed by atoms with Gasteiger partial charge in [0.2, 0.25) is 0 Å². The highest BCUT2D eigenvalue weighted by atomic mass is 127. The number of thiazole rings is 1. The Kier molecular flexibility index (Phi) is 7.09. The topological polar surface area (TPSA) is 73.8 Å². The number of hydrogen-bond acceptors (Lipinski definition) is 6. The Morgan fingerprint density at radius 3 is 2.61 bits per heavy atom. The summed E-state index contributed by atoms with van der Waals surface area (Å²) in [6.07, 6.45) is 1.65. The number of fused-ring (bicyclic) bond motifs is 1. The highest BCUT2D eigenvalue weighted by molar-refractivity contribution is 14.1. The Balaban J connectivity index is 1.83. The SMILES string of the molecule is CCOC(=O)C1=C(c2ccccc2)N=c2s/c(=C/c3cc(Br)c(I)o3)c(=O)n2[C@@H]1c1ccc(F)cc1. The maximum absolute atomic E-state index is 13.8. The number of halogens is 3. The van der Waals surface area contributed by atoms with Gasteiger partial charge in [-0.2, -0.15) is 0 Å². The molecule has 2 aromatic carbocycles. The van der Waals surface area contributed by atoms with E-state index in [4.69, 9.17) is 14.1 Å². The van der Waals surface area contributed by atoms with Crippen LogP contribution < -0.4 is 14.9 Å². The van der Waals surface area contributed by atoms with E-state index in [1.54, 1.807) is 31.2 Å². The molecule has 0 spiro atoms. The monoisotopic (exact) mass is 678 g/mol. The van der Waals surface area contributed by atoms with Crippen molar-refractivity contribution in [1.29, 1.82) is 0 Å². The van der Waals surface area contributed by atoms with Crippen molar-refractivity contribution in [2.24, 2.45) is 4.99 Å². The third-order valence-electron chi connectivity index (χ3n) is 5.50. The van der Waals surface area contributed by atoms with Crippen molar-refractivity contribution in [3.63, 3.8) is 0 Å². The molecule has 0 saturated heterocycles. The van der Waals surface area contributed by atoms with Gasteiger partial charge in [-0.15, -0.1) is 0 Å². The minimum absolute atomic E-state index is 0.150. The van der Waals surface area contributed by atoms with Crippen LogP contribution in [0.15, 0.2) is 84.9 Å². The Morgan fingerprint density at radius 1 is 1.25 bits per heavy atom. The van der Waals surface area contributed by atoms with Crippen molar-refractivity contribution in [3.05, 3.63) is 117 Å². The predicted molar refractivity (Wildman–Crippen MR) is 147 cm³/mol. The summed E-state index contributed by atoms with van der Waals surface area (Å²) in [6.45, 7) is 1.86. The maximum atomic E-state index is 13.8. The van der Waals surface area contributed by atoms with Crippen LogP contribution in [0.4, 0.5) is 4.39 Å². The van der Waals surface area contributed by atoms with Crippen LogP contribution >= 0.6 is 49.9 Å². The van der Waals surface area contributed by atoms with Crippen LogP contribution in [-0.4, -0.2) is 17.1 Å². The quantitative estimate of drug-likeness (QED) is 0.219. The summed E-state index contributed by atoms with van der Waals surface area (Å²) in [5.41, 5.74) is 1.54. The molecule has 0 bridgehead atoms. The normalized spacial score (nSPS) is 15.6. The van der Waals surface area contributed by atoms with Crippen LogP contribution in [0.5, 0.6) is 0 Å². The molecule has 1 aliphatic heterocycles. The number of benzene rings is 2. The average Bonchev–Trinajstić information content (AvgIpc) is 3.36. The molecule has 0 unspecified atom stereocenters. The van der Waals surface area contributed by atoms with E-state index in [0.29, 0.717) is 35.7 Å². The lowest BCUT2D eigenvalue weighted by Gasteiger charge is -2.25. The van der Waals surface area contributed by atoms with E-state index < -0.39 is 17.8 Å². The van der Waals surface area contributed by atoms with E-state index in [0.717, 1.165) is 4.47 Å². The van der Waals surface area contributed by atoms with E-state index >= 15 is 0 Å². The first-order chi connectivity index (χ1) is 17.4. The lowest BCUT2D eigenvalue weighted by molar-refractivity contribution is -0.138. The number of aromatic nitrogens is 1. The molecule has 0 radical (unpaired) electrons. The molecule has 6 nitrogen and oxygen atoms in total. The van der Waals surface area contributed by atoms with E-state index in [9.17, 15) is 14.0 Å². The molecule has 5 rings (SSSR count). The first-order valence-corrected chi connectivity index (χ1v) is 13.5. The lowest BCUT2D eigenvalue weighted by atomic mass is 9.93. The van der Waals surface area contributed by atoms with Crippen LogP contribution in [-0.2, 0) is 9.53 Å². The maximum Gasteiger partial charge on any atom is 0.338 e. The molecule has 0 aliphatic carbocycles. The third kappa shape index (κ3) is 4.64. The summed E-state index contributed by atoms with van der Waals surface area (Å²) in [5, 5.41) is 0. The number of hydrogen-bond donors (Lipinski definition) is 0. The van der Waals surface area contributed by atoms with Crippen molar-refractivity contribution in [2.45, 2.75) is 13.0 Å². The molecule has 3 heterocycles. The Hall–Kier alpha value is -2.83. The highest BCUT2D eigenvalue weighted by Crippen LogP contribution is 2.35. The van der Waals surface area contributed by atoms with Crippen LogP contribution in [0, 0.1) is 9.58 Å². The molecule has 182 valence electrons. The minimum Gasteiger partial charge on any atom is -0.463 e. The minimum atomic E-state index is -0.860. The molecule has 2 aromatic heterocycles. The molecule has 0 saturated carbocycles. The van der Waals surface area contributed by atoms with Gasteiger partial charge >= 0.3 is 5.97 Å². The summed E-state index contributed by atoms with van der Waals surface area (Å²) < 4.78 is 28.2. The largest absolute Gasteiger partial charge is 0.463 e. The summed E-state index contributed by atoms with van der Waals surface area (Å²) in [4.78, 5) is 32.2. The standard InChI is InChI=1S/C26H17BrFIN2O4S/c1-2-34-25(33)20-21(14-6-4-3-5-7-14)30-26-31(22(20)15-8-10-16(28)11-9-15)24(32)19(36-26)13-17-12-18(27)23(29)35-17/h3-13,22H,2H2,1H3/b19-13+/t22-/m1/s1. The average molecular weight is 679 g/mol. The van der Waals surface area contributed by atoms with E-state index in [1.165, 1.54) is 28.0 Å². The summed E-state index contributed by atoms with van der Waals surface area (Å²) in [6, 6.07) is 15.9. The van der Waals surface area contributed by atoms with E-state index in [2.05, 4.69) is 38.5 Å². The number of rotatable bonds is 5. The van der Waals surface area contributed by atoms with Gasteiger partial charge < -0.3 is 9.15 Å². The van der Waals surface area contributed by atoms with Gasteiger partial charge in [0.05, 0.1) is 32.9 Å². The first kappa shape index (κ1) is 24.8. The van der Waals surface area contributed by atoms with Crippen molar-refractivity contribution in [2.75, 3.05) is 6.61 Å². The molecule has 0 fully saturated rings. The second-order valence-corrected chi connectivity index (χ2v) is 10.6. The van der Waals surface area contributed by atoms with Crippen molar-refractivity contribution < 1.29 is 18.3 Å². The number of furan rings is 1. The third-order valence-corrected chi connectivity index (χ3v) is 8.61. The van der Waals surface area contributed by atoms with Gasteiger partial charge in [0.25, 0.3) is 5.56 Å². The van der Waals surface area contributed by atoms with Gasteiger partial charge in [0.15, 0.2) is 8.57 Å². The predicted octanol–water partition coefficient (Wildman–Crippen LogP) is 5.03. The number of nitrogens with zero attached hydrogens (tertiary/aromatic N) is 2. The van der Waals surface area contributed by atoms with Crippen LogP contribution in [0.2, 0.25) is 0 Å². The van der Waals surface area contributed by atoms with E-state index in [-0.39, 0.29) is 17.7 Å². The lowest BCUT2D eigenvalue weighted by Crippen LogP contribution is -2.40. The fourth-order valence-electron chi connectivity index (χ4n) is 3.96. The van der Waals surface area contributed by atoms with Gasteiger partial charge in [-0.25, -0.2) is 14.2 Å². The molecule has 36 heavy (non-hydrogen) atoms. The second-order valence-electron chi connectivity index (χ2n) is 7.75. The number of esters is 1. The molecule has 10 heteroatoms. The van der Waals surface area contributed by atoms with Gasteiger partial charge in [0.1, 0.15) is 11.6 Å². The van der Waals surface area contributed by atoms with Crippen molar-refractivity contribution in [3.8, 4) is 0 Å². The number of ether oxygens (including phenoxy) is 1. The molecule has 1 aliphatic rings. The van der Waals surface area contributed by atoms with Gasteiger partial charge in [0, 0.05) is 34.2 Å². The Bertz CT molecular complexity index is 1650. The smallest absolute Gasteiger partial charge is 0.338 e. The molecule has 1 atom stereocenters. The first-order valence-electron chi connectivity index (χ1n) is 10.9. The van der Waals surface area contributed by atoms with Crippen LogP contribution in [0.1, 0.15) is 29.9 Å². The zero-order valence-corrected chi connectivity index (χ0v) is 23.3. The fourth-order valence-corrected chi connectivity index (χ4v) is 5.66. The van der Waals surface area contributed by atoms with Gasteiger partial charge in [-0.3, -0.25) is 9.36 Å². The van der Waals surface area contributed by atoms with Crippen LogP contribution in [0.25, 0.3) is 11.8 Å². The van der Waals surface area contributed by atoms with Crippen molar-refractivity contribution in [1.82, 2.24) is 4.57 Å².